The number of hydrogen-bond donors (Lipinski definition) is 1. The Bertz CT molecular complexity index is 114. The molecule has 0 aromatic rings. The predicted molar refractivity (Wildman–Crippen MR) is 41.8 cm³/mol. The summed E-state index contributed by atoms with van der Waals surface area (Å²) in [4.78, 5) is 4.11. The summed E-state index contributed by atoms with van der Waals surface area (Å²) in [5, 5.41) is 3.02. The summed E-state index contributed by atoms with van der Waals surface area (Å²) >= 11 is 0. The highest BCUT2D eigenvalue weighted by molar-refractivity contribution is 5.55. The Kier molecular flexibility index (Phi) is 5.12. The van der Waals surface area contributed by atoms with Crippen molar-refractivity contribution in [3.05, 3.63) is 11.8 Å². The van der Waals surface area contributed by atoms with Gasteiger partial charge in [-0.05, 0) is 20.9 Å². The maximum Gasteiger partial charge on any atom is 0.0494 e. The van der Waals surface area contributed by atoms with Gasteiger partial charge in [-0.3, -0.25) is 4.99 Å². The van der Waals surface area contributed by atoms with Crippen molar-refractivity contribution in [2.75, 3.05) is 13.6 Å². The summed E-state index contributed by atoms with van der Waals surface area (Å²) in [6.07, 6.45) is 3.79. The van der Waals surface area contributed by atoms with E-state index in [1.165, 1.54) is 0 Å². The zero-order valence-electron chi connectivity index (χ0n) is 6.31. The van der Waals surface area contributed by atoms with Crippen LogP contribution in [0.3, 0.4) is 0 Å². The summed E-state index contributed by atoms with van der Waals surface area (Å²) < 4.78 is 0. The van der Waals surface area contributed by atoms with Crippen LogP contribution in [0.5, 0.6) is 0 Å². The number of nitrogens with zero attached hydrogens (tertiary/aromatic N) is 1. The maximum absolute atomic E-state index is 4.11. The molecule has 0 aliphatic carbocycles. The van der Waals surface area contributed by atoms with Crippen LogP contribution in [0.4, 0.5) is 0 Å². The molecule has 0 heterocycles. The van der Waals surface area contributed by atoms with E-state index < -0.39 is 0 Å². The van der Waals surface area contributed by atoms with Gasteiger partial charge in [-0.25, -0.2) is 0 Å². The molecule has 0 aromatic heterocycles. The number of aliphatic imine (C=N–C) groups is 1. The first-order chi connectivity index (χ1) is 4.35. The zero-order chi connectivity index (χ0) is 7.11. The van der Waals surface area contributed by atoms with Gasteiger partial charge in [-0.15, -0.1) is 0 Å². The van der Waals surface area contributed by atoms with Crippen LogP contribution in [-0.4, -0.2) is 19.8 Å². The van der Waals surface area contributed by atoms with Gasteiger partial charge in [0.15, 0.2) is 0 Å². The first-order valence-electron chi connectivity index (χ1n) is 3.13. The van der Waals surface area contributed by atoms with Crippen LogP contribution in [0.25, 0.3) is 0 Å². The van der Waals surface area contributed by atoms with Crippen molar-refractivity contribution < 1.29 is 0 Å². The third-order valence-corrected chi connectivity index (χ3v) is 0.986. The molecule has 0 aliphatic heterocycles. The monoisotopic (exact) mass is 126 g/mol. The first kappa shape index (κ1) is 8.37. The van der Waals surface area contributed by atoms with Crippen molar-refractivity contribution in [3.8, 4) is 0 Å². The fraction of sp³-hybridized carbons (Fsp3) is 0.571. The summed E-state index contributed by atoms with van der Waals surface area (Å²) in [5.41, 5.74) is 1.08. The van der Waals surface area contributed by atoms with Gasteiger partial charge in [0, 0.05) is 18.5 Å². The largest absolute Gasteiger partial charge is 0.314 e. The molecule has 52 valence electrons. The van der Waals surface area contributed by atoms with Crippen LogP contribution in [0.1, 0.15) is 13.8 Å². The van der Waals surface area contributed by atoms with Crippen LogP contribution in [0, 0.1) is 0 Å². The van der Waals surface area contributed by atoms with Crippen LogP contribution in [0.2, 0.25) is 0 Å². The van der Waals surface area contributed by atoms with E-state index >= 15 is 0 Å². The van der Waals surface area contributed by atoms with Crippen LogP contribution in [0.15, 0.2) is 16.8 Å². The quantitative estimate of drug-likeness (QED) is 0.564. The number of rotatable bonds is 3. The molecule has 0 radical (unpaired) electrons. The zero-order valence-corrected chi connectivity index (χ0v) is 6.31. The van der Waals surface area contributed by atoms with E-state index in [4.69, 9.17) is 0 Å². The van der Waals surface area contributed by atoms with Crippen molar-refractivity contribution in [3.63, 3.8) is 0 Å². The average Bonchev–Trinajstić information content (AvgIpc) is 1.88. The van der Waals surface area contributed by atoms with E-state index in [1.54, 1.807) is 6.21 Å². The highest BCUT2D eigenvalue weighted by Crippen LogP contribution is 1.91. The highest BCUT2D eigenvalue weighted by atomic mass is 14.9. The normalized spacial score (nSPS) is 13.0. The Hall–Kier alpha value is -0.630. The van der Waals surface area contributed by atoms with E-state index in [2.05, 4.69) is 10.3 Å². The third kappa shape index (κ3) is 3.91. The molecular formula is C7H14N2. The minimum absolute atomic E-state index is 0.848. The third-order valence-electron chi connectivity index (χ3n) is 0.986. The molecule has 0 aliphatic rings. The molecule has 0 amide bonds. The summed E-state index contributed by atoms with van der Waals surface area (Å²) in [5.74, 6) is 0. The van der Waals surface area contributed by atoms with Crippen molar-refractivity contribution in [2.24, 2.45) is 4.99 Å². The average molecular weight is 126 g/mol. The van der Waals surface area contributed by atoms with E-state index in [1.807, 2.05) is 27.0 Å². The van der Waals surface area contributed by atoms with Gasteiger partial charge < -0.3 is 5.32 Å². The van der Waals surface area contributed by atoms with Crippen molar-refractivity contribution in [2.45, 2.75) is 13.8 Å². The van der Waals surface area contributed by atoms with E-state index in [0.717, 1.165) is 12.2 Å². The molecule has 0 bridgehead atoms. The summed E-state index contributed by atoms with van der Waals surface area (Å²) in [6.45, 7) is 4.75. The number of likely N-dealkylation sites (N-methyl/N-ethyl adjacent to an activating group) is 1. The molecule has 2 heteroatoms. The highest BCUT2D eigenvalue weighted by Gasteiger charge is 1.84. The van der Waals surface area contributed by atoms with E-state index in [0.29, 0.717) is 0 Å². The Morgan fingerprint density at radius 3 is 2.56 bits per heavy atom. The fourth-order valence-corrected chi connectivity index (χ4v) is 0.569. The van der Waals surface area contributed by atoms with Gasteiger partial charge in [0.05, 0.1) is 0 Å². The van der Waals surface area contributed by atoms with Crippen LogP contribution in [-0.2, 0) is 0 Å². The molecule has 0 unspecified atom stereocenters. The first-order valence-corrected chi connectivity index (χ1v) is 3.13. The molecule has 0 saturated carbocycles. The second kappa shape index (κ2) is 5.51. The van der Waals surface area contributed by atoms with Crippen molar-refractivity contribution in [1.82, 2.24) is 5.32 Å². The standard InChI is InChI=1S/C7H14N2/c1-4-7(6-8-3)9-5-2/h4-5,8H,6H2,1-3H3/b7-4-,9-5?. The summed E-state index contributed by atoms with van der Waals surface area (Å²) in [6, 6.07) is 0. The van der Waals surface area contributed by atoms with Gasteiger partial charge >= 0.3 is 0 Å². The fourth-order valence-electron chi connectivity index (χ4n) is 0.569. The van der Waals surface area contributed by atoms with E-state index in [-0.39, 0.29) is 0 Å². The number of hydrogen-bond acceptors (Lipinski definition) is 2. The Balaban J connectivity index is 3.70. The molecule has 0 rings (SSSR count). The van der Waals surface area contributed by atoms with Gasteiger partial charge in [-0.1, -0.05) is 6.08 Å². The van der Waals surface area contributed by atoms with Gasteiger partial charge in [0.2, 0.25) is 0 Å². The Morgan fingerprint density at radius 2 is 2.22 bits per heavy atom. The van der Waals surface area contributed by atoms with Crippen LogP contribution < -0.4 is 5.32 Å². The number of nitrogens with one attached hydrogen (secondary N) is 1. The molecule has 0 spiro atoms. The van der Waals surface area contributed by atoms with Crippen LogP contribution >= 0.6 is 0 Å². The van der Waals surface area contributed by atoms with Gasteiger partial charge in [0.1, 0.15) is 0 Å². The lowest BCUT2D eigenvalue weighted by molar-refractivity contribution is 0.870. The molecular weight excluding hydrogens is 112 g/mol. The van der Waals surface area contributed by atoms with Crippen molar-refractivity contribution in [1.29, 1.82) is 0 Å². The lowest BCUT2D eigenvalue weighted by Crippen LogP contribution is -2.08. The molecule has 9 heavy (non-hydrogen) atoms. The lowest BCUT2D eigenvalue weighted by Gasteiger charge is -1.96. The predicted octanol–water partition coefficient (Wildman–Crippen LogP) is 1.20. The van der Waals surface area contributed by atoms with Gasteiger partial charge in [-0.2, -0.15) is 0 Å². The molecule has 0 saturated heterocycles. The van der Waals surface area contributed by atoms with Gasteiger partial charge in [0.25, 0.3) is 0 Å². The molecule has 0 aromatic carbocycles. The Labute approximate surface area is 56.7 Å². The molecule has 0 fully saturated rings. The maximum atomic E-state index is 4.11. The Morgan fingerprint density at radius 1 is 1.56 bits per heavy atom. The second-order valence-corrected chi connectivity index (χ2v) is 1.70. The lowest BCUT2D eigenvalue weighted by atomic mass is 10.4. The minimum Gasteiger partial charge on any atom is -0.314 e. The summed E-state index contributed by atoms with van der Waals surface area (Å²) in [7, 11) is 1.91. The smallest absolute Gasteiger partial charge is 0.0494 e. The molecule has 0 atom stereocenters. The molecule has 2 nitrogen and oxygen atoms in total. The SMILES string of the molecule is CC=N/C(=C\C)CNC. The second-order valence-electron chi connectivity index (χ2n) is 1.70. The number of allylic oxidation sites excluding steroid dienone is 1. The minimum atomic E-state index is 0.848. The topological polar surface area (TPSA) is 24.4 Å². The van der Waals surface area contributed by atoms with E-state index in [9.17, 15) is 0 Å². The molecule has 1 N–H and O–H groups in total. The van der Waals surface area contributed by atoms with Crippen molar-refractivity contribution >= 4 is 6.21 Å².